The lowest BCUT2D eigenvalue weighted by Crippen LogP contribution is -2.40. The van der Waals surface area contributed by atoms with Crippen molar-refractivity contribution in [3.05, 3.63) is 4.77 Å². The van der Waals surface area contributed by atoms with Crippen LogP contribution in [0, 0.1) is 10.2 Å². The molecule has 1 N–H and O–H groups in total. The smallest absolute Gasteiger partial charge is 0.236 e. The maximum absolute atomic E-state index is 5.06. The summed E-state index contributed by atoms with van der Waals surface area (Å²) in [6, 6.07) is 0. The SMILES string of the molecule is CC(C)(C)C(C)(C)n1[nH]nnc1=S. The van der Waals surface area contributed by atoms with Gasteiger partial charge in [-0.2, -0.15) is 5.21 Å². The molecule has 0 aliphatic carbocycles. The Bertz CT molecular complexity index is 342. The van der Waals surface area contributed by atoms with Crippen molar-refractivity contribution >= 4 is 12.2 Å². The van der Waals surface area contributed by atoms with Gasteiger partial charge in [0.2, 0.25) is 4.77 Å². The van der Waals surface area contributed by atoms with Gasteiger partial charge in [-0.3, -0.25) is 0 Å². The molecule has 0 saturated carbocycles. The van der Waals surface area contributed by atoms with Gasteiger partial charge < -0.3 is 0 Å². The molecule has 1 aromatic heterocycles. The molecule has 0 spiro atoms. The zero-order chi connectivity index (χ0) is 10.3. The minimum atomic E-state index is -0.117. The Hall–Kier alpha value is -0.710. The molecule has 1 aromatic rings. The van der Waals surface area contributed by atoms with Crippen molar-refractivity contribution in [2.45, 2.75) is 40.2 Å². The van der Waals surface area contributed by atoms with Crippen LogP contribution in [-0.2, 0) is 5.54 Å². The van der Waals surface area contributed by atoms with Crippen molar-refractivity contribution in [1.29, 1.82) is 0 Å². The number of hydrogen-bond donors (Lipinski definition) is 1. The quantitative estimate of drug-likeness (QED) is 0.706. The van der Waals surface area contributed by atoms with Gasteiger partial charge >= 0.3 is 0 Å². The molecule has 0 amide bonds. The van der Waals surface area contributed by atoms with Crippen LogP contribution in [0.25, 0.3) is 0 Å². The molecule has 4 nitrogen and oxygen atoms in total. The van der Waals surface area contributed by atoms with Gasteiger partial charge in [-0.1, -0.05) is 31.1 Å². The third kappa shape index (κ3) is 1.65. The Balaban J connectivity index is 3.23. The van der Waals surface area contributed by atoms with Gasteiger partial charge in [-0.15, -0.1) is 0 Å². The Kier molecular flexibility index (Phi) is 2.32. The lowest BCUT2D eigenvalue weighted by Gasteiger charge is -2.38. The van der Waals surface area contributed by atoms with Crippen LogP contribution < -0.4 is 0 Å². The summed E-state index contributed by atoms with van der Waals surface area (Å²) >= 11 is 5.06. The van der Waals surface area contributed by atoms with E-state index in [0.717, 1.165) is 0 Å². The van der Waals surface area contributed by atoms with Crippen LogP contribution in [0.1, 0.15) is 34.6 Å². The molecule has 0 unspecified atom stereocenters. The fourth-order valence-electron chi connectivity index (χ4n) is 0.897. The van der Waals surface area contributed by atoms with Crippen LogP contribution in [0.2, 0.25) is 0 Å². The zero-order valence-corrected chi connectivity index (χ0v) is 9.57. The molecule has 1 heterocycles. The molecule has 5 heteroatoms. The first kappa shape index (κ1) is 10.4. The van der Waals surface area contributed by atoms with E-state index in [1.54, 1.807) is 0 Å². The number of H-pyrrole nitrogens is 1. The number of rotatable bonds is 1. The summed E-state index contributed by atoms with van der Waals surface area (Å²) in [4.78, 5) is 0. The number of hydrogen-bond acceptors (Lipinski definition) is 3. The van der Waals surface area contributed by atoms with Gasteiger partial charge in [0.15, 0.2) is 0 Å². The summed E-state index contributed by atoms with van der Waals surface area (Å²) in [6.45, 7) is 10.7. The van der Waals surface area contributed by atoms with Gasteiger partial charge in [-0.05, 0) is 31.5 Å². The van der Waals surface area contributed by atoms with Crippen LogP contribution in [0.5, 0.6) is 0 Å². The summed E-state index contributed by atoms with van der Waals surface area (Å²) in [7, 11) is 0. The van der Waals surface area contributed by atoms with Crippen molar-refractivity contribution in [2.75, 3.05) is 0 Å². The van der Waals surface area contributed by atoms with Crippen molar-refractivity contribution in [3.63, 3.8) is 0 Å². The van der Waals surface area contributed by atoms with E-state index in [9.17, 15) is 0 Å². The zero-order valence-electron chi connectivity index (χ0n) is 8.75. The molecule has 0 saturated heterocycles. The van der Waals surface area contributed by atoms with Crippen molar-refractivity contribution in [3.8, 4) is 0 Å². The summed E-state index contributed by atoms with van der Waals surface area (Å²) in [5.41, 5.74) is -0.0208. The summed E-state index contributed by atoms with van der Waals surface area (Å²) in [5.74, 6) is 0. The van der Waals surface area contributed by atoms with Gasteiger partial charge in [0.1, 0.15) is 0 Å². The summed E-state index contributed by atoms with van der Waals surface area (Å²) in [5, 5.41) is 10.3. The number of aromatic nitrogens is 4. The Labute approximate surface area is 83.3 Å². The Morgan fingerprint density at radius 1 is 1.23 bits per heavy atom. The molecule has 13 heavy (non-hydrogen) atoms. The second-order valence-electron chi connectivity index (χ2n) is 4.73. The Morgan fingerprint density at radius 3 is 2.08 bits per heavy atom. The monoisotopic (exact) mass is 200 g/mol. The molecule has 1 rings (SSSR count). The highest BCUT2D eigenvalue weighted by molar-refractivity contribution is 7.71. The molecule has 0 atom stereocenters. The highest BCUT2D eigenvalue weighted by Crippen LogP contribution is 2.35. The fourth-order valence-corrected chi connectivity index (χ4v) is 1.21. The predicted molar refractivity (Wildman–Crippen MR) is 54.0 cm³/mol. The van der Waals surface area contributed by atoms with Crippen LogP contribution in [-0.4, -0.2) is 20.2 Å². The standard InChI is InChI=1S/C8H16N4S/c1-7(2,3)8(4,5)12-6(13)9-10-11-12/h1-5H3,(H,9,11,13). The van der Waals surface area contributed by atoms with Gasteiger partial charge in [0.25, 0.3) is 0 Å². The van der Waals surface area contributed by atoms with E-state index in [1.807, 2.05) is 4.68 Å². The van der Waals surface area contributed by atoms with Crippen LogP contribution >= 0.6 is 12.2 Å². The Morgan fingerprint density at radius 2 is 1.77 bits per heavy atom. The second kappa shape index (κ2) is 2.90. The van der Waals surface area contributed by atoms with Crippen LogP contribution in [0.15, 0.2) is 0 Å². The lowest BCUT2D eigenvalue weighted by molar-refractivity contribution is 0.119. The normalized spacial score (nSPS) is 13.3. The molecular formula is C8H16N4S. The van der Waals surface area contributed by atoms with Crippen molar-refractivity contribution in [1.82, 2.24) is 20.2 Å². The number of tetrazole rings is 1. The molecule has 0 aliphatic rings. The molecule has 0 aliphatic heterocycles. The first-order valence-corrected chi connectivity index (χ1v) is 4.68. The molecule has 0 aromatic carbocycles. The number of nitrogens with one attached hydrogen (secondary N) is 1. The van der Waals surface area contributed by atoms with E-state index >= 15 is 0 Å². The number of nitrogens with zero attached hydrogens (tertiary/aromatic N) is 3. The van der Waals surface area contributed by atoms with Gasteiger partial charge in [-0.25, -0.2) is 4.68 Å². The van der Waals surface area contributed by atoms with E-state index in [-0.39, 0.29) is 11.0 Å². The lowest BCUT2D eigenvalue weighted by atomic mass is 9.76. The maximum atomic E-state index is 5.06. The molecule has 74 valence electrons. The summed E-state index contributed by atoms with van der Waals surface area (Å²) < 4.78 is 2.32. The average molecular weight is 200 g/mol. The minimum absolute atomic E-state index is 0.0967. The highest BCUT2D eigenvalue weighted by Gasteiger charge is 2.35. The largest absolute Gasteiger partial charge is 0.238 e. The summed E-state index contributed by atoms with van der Waals surface area (Å²) in [6.07, 6.45) is 0. The molecule has 0 bridgehead atoms. The van der Waals surface area contributed by atoms with Crippen molar-refractivity contribution in [2.24, 2.45) is 5.41 Å². The van der Waals surface area contributed by atoms with E-state index in [0.29, 0.717) is 4.77 Å². The fraction of sp³-hybridized carbons (Fsp3) is 0.875. The van der Waals surface area contributed by atoms with E-state index in [2.05, 4.69) is 50.1 Å². The third-order valence-electron chi connectivity index (χ3n) is 2.87. The van der Waals surface area contributed by atoms with Crippen LogP contribution in [0.4, 0.5) is 0 Å². The van der Waals surface area contributed by atoms with Crippen LogP contribution in [0.3, 0.4) is 0 Å². The minimum Gasteiger partial charge on any atom is -0.236 e. The number of aromatic amines is 1. The topological polar surface area (TPSA) is 46.5 Å². The van der Waals surface area contributed by atoms with E-state index in [1.165, 1.54) is 0 Å². The third-order valence-corrected chi connectivity index (χ3v) is 3.13. The first-order chi connectivity index (χ1) is 5.77. The van der Waals surface area contributed by atoms with E-state index in [4.69, 9.17) is 12.2 Å². The molecule has 0 radical (unpaired) electrons. The van der Waals surface area contributed by atoms with E-state index < -0.39 is 0 Å². The molecular weight excluding hydrogens is 184 g/mol. The van der Waals surface area contributed by atoms with Gasteiger partial charge in [0.05, 0.1) is 5.54 Å². The first-order valence-electron chi connectivity index (χ1n) is 4.27. The second-order valence-corrected chi connectivity index (χ2v) is 5.09. The molecule has 0 fully saturated rings. The van der Waals surface area contributed by atoms with Crippen molar-refractivity contribution < 1.29 is 0 Å². The predicted octanol–water partition coefficient (Wildman–Crippen LogP) is 2.12. The average Bonchev–Trinajstić information content (AvgIpc) is 2.32. The maximum Gasteiger partial charge on any atom is 0.238 e. The highest BCUT2D eigenvalue weighted by atomic mass is 32.1. The van der Waals surface area contributed by atoms with Gasteiger partial charge in [0, 0.05) is 0 Å².